The zero-order valence-corrected chi connectivity index (χ0v) is 10.3. The highest BCUT2D eigenvalue weighted by atomic mass is 28.3. The Morgan fingerprint density at radius 2 is 2.00 bits per heavy atom. The van der Waals surface area contributed by atoms with Crippen LogP contribution in [0.3, 0.4) is 0 Å². The van der Waals surface area contributed by atoms with Crippen LogP contribution in [0.5, 0.6) is 0 Å². The van der Waals surface area contributed by atoms with Crippen molar-refractivity contribution in [2.45, 2.75) is 51.9 Å². The van der Waals surface area contributed by atoms with Crippen LogP contribution in [0.25, 0.3) is 0 Å². The van der Waals surface area contributed by atoms with Crippen molar-refractivity contribution in [2.24, 2.45) is 5.92 Å². The first-order valence-corrected chi connectivity index (χ1v) is 8.86. The molecule has 2 heteroatoms. The number of hydrogen-bond donors (Lipinski definition) is 1. The Bertz CT molecular complexity index is 203. The summed E-state index contributed by atoms with van der Waals surface area (Å²) < 4.78 is 0. The highest BCUT2D eigenvalue weighted by Gasteiger charge is 2.22. The smallest absolute Gasteiger partial charge is 0.0686 e. The van der Waals surface area contributed by atoms with Crippen LogP contribution in [0, 0.1) is 5.92 Å². The second-order valence-corrected chi connectivity index (χ2v) is 10.4. The molecule has 76 valence electrons. The SMILES string of the molecule is CC1CC(O)CC/C1=C\[Si](C)(C)C. The summed E-state index contributed by atoms with van der Waals surface area (Å²) >= 11 is 0. The van der Waals surface area contributed by atoms with Gasteiger partial charge in [0.25, 0.3) is 0 Å². The molecule has 1 N–H and O–H groups in total. The Kier molecular flexibility index (Phi) is 3.36. The van der Waals surface area contributed by atoms with E-state index >= 15 is 0 Å². The van der Waals surface area contributed by atoms with Crippen LogP contribution >= 0.6 is 0 Å². The Morgan fingerprint density at radius 3 is 2.46 bits per heavy atom. The lowest BCUT2D eigenvalue weighted by atomic mass is 9.85. The molecule has 1 saturated carbocycles. The summed E-state index contributed by atoms with van der Waals surface area (Å²) in [5, 5.41) is 9.48. The van der Waals surface area contributed by atoms with Crippen molar-refractivity contribution in [1.82, 2.24) is 0 Å². The van der Waals surface area contributed by atoms with Crippen molar-refractivity contribution >= 4 is 8.07 Å². The molecule has 0 aromatic heterocycles. The lowest BCUT2D eigenvalue weighted by molar-refractivity contribution is 0.126. The topological polar surface area (TPSA) is 20.2 Å². The molecule has 13 heavy (non-hydrogen) atoms. The molecule has 2 unspecified atom stereocenters. The third kappa shape index (κ3) is 3.65. The van der Waals surface area contributed by atoms with E-state index in [-0.39, 0.29) is 6.10 Å². The molecular weight excluding hydrogens is 176 g/mol. The van der Waals surface area contributed by atoms with Gasteiger partial charge < -0.3 is 5.11 Å². The van der Waals surface area contributed by atoms with Crippen LogP contribution in [0.4, 0.5) is 0 Å². The summed E-state index contributed by atoms with van der Waals surface area (Å²) in [6.07, 6.45) is 3.01. The van der Waals surface area contributed by atoms with Gasteiger partial charge in [-0.1, -0.05) is 37.8 Å². The Hall–Kier alpha value is -0.0831. The summed E-state index contributed by atoms with van der Waals surface area (Å²) in [6.45, 7) is 9.36. The van der Waals surface area contributed by atoms with E-state index < -0.39 is 8.07 Å². The molecule has 0 spiro atoms. The van der Waals surface area contributed by atoms with Crippen molar-refractivity contribution in [3.05, 3.63) is 11.3 Å². The largest absolute Gasteiger partial charge is 0.393 e. The quantitative estimate of drug-likeness (QED) is 0.642. The molecule has 0 heterocycles. The highest BCUT2D eigenvalue weighted by Crippen LogP contribution is 2.30. The molecule has 0 saturated heterocycles. The lowest BCUT2D eigenvalue weighted by Gasteiger charge is -2.28. The molecule has 1 rings (SSSR count). The van der Waals surface area contributed by atoms with E-state index in [4.69, 9.17) is 0 Å². The van der Waals surface area contributed by atoms with E-state index in [1.807, 2.05) is 0 Å². The summed E-state index contributed by atoms with van der Waals surface area (Å²) in [7, 11) is -1.05. The first kappa shape index (κ1) is 11.0. The van der Waals surface area contributed by atoms with Crippen LogP contribution in [0.1, 0.15) is 26.2 Å². The molecule has 0 amide bonds. The van der Waals surface area contributed by atoms with Gasteiger partial charge in [0.15, 0.2) is 0 Å². The predicted octanol–water partition coefficient (Wildman–Crippen LogP) is 2.97. The maximum atomic E-state index is 9.48. The number of rotatable bonds is 1. The number of allylic oxidation sites excluding steroid dienone is 1. The summed E-state index contributed by atoms with van der Waals surface area (Å²) in [6, 6.07) is 0. The van der Waals surface area contributed by atoms with Gasteiger partial charge in [-0.15, -0.1) is 0 Å². The average Bonchev–Trinajstić information content (AvgIpc) is 1.93. The minimum absolute atomic E-state index is 0.0474. The second-order valence-electron chi connectivity index (χ2n) is 5.41. The highest BCUT2D eigenvalue weighted by molar-refractivity contribution is 6.81. The zero-order chi connectivity index (χ0) is 10.1. The number of aliphatic hydroxyl groups excluding tert-OH is 1. The molecule has 2 atom stereocenters. The van der Waals surface area contributed by atoms with E-state index in [1.165, 1.54) is 0 Å². The first-order valence-electron chi connectivity index (χ1n) is 5.28. The Morgan fingerprint density at radius 1 is 1.38 bits per heavy atom. The molecule has 1 aliphatic rings. The monoisotopic (exact) mass is 198 g/mol. The lowest BCUT2D eigenvalue weighted by Crippen LogP contribution is -2.24. The molecule has 0 aromatic carbocycles. The van der Waals surface area contributed by atoms with Crippen molar-refractivity contribution in [1.29, 1.82) is 0 Å². The maximum Gasteiger partial charge on any atom is 0.0686 e. The standard InChI is InChI=1S/C11H22OSi/c1-9-7-11(12)6-5-10(9)8-13(2,3)4/h8-9,11-12H,5-7H2,1-4H3/b10-8+. The van der Waals surface area contributed by atoms with Gasteiger partial charge in [-0.05, 0) is 25.2 Å². The number of aliphatic hydroxyl groups is 1. The minimum atomic E-state index is -1.05. The van der Waals surface area contributed by atoms with Crippen molar-refractivity contribution in [3.63, 3.8) is 0 Å². The third-order valence-corrected chi connectivity index (χ3v) is 3.88. The average molecular weight is 198 g/mol. The molecule has 1 fully saturated rings. The molecule has 1 aliphatic carbocycles. The van der Waals surface area contributed by atoms with Crippen LogP contribution in [-0.4, -0.2) is 19.3 Å². The molecule has 1 nitrogen and oxygen atoms in total. The van der Waals surface area contributed by atoms with E-state index in [0.717, 1.165) is 19.3 Å². The first-order chi connectivity index (χ1) is 5.88. The fraction of sp³-hybridized carbons (Fsp3) is 0.818. The van der Waals surface area contributed by atoms with Gasteiger partial charge in [-0.2, -0.15) is 0 Å². The Balaban J connectivity index is 2.66. The summed E-state index contributed by atoms with van der Waals surface area (Å²) in [4.78, 5) is 0. The van der Waals surface area contributed by atoms with Crippen molar-refractivity contribution < 1.29 is 5.11 Å². The van der Waals surface area contributed by atoms with E-state index in [0.29, 0.717) is 5.92 Å². The molecule has 0 bridgehead atoms. The van der Waals surface area contributed by atoms with Gasteiger partial charge in [-0.25, -0.2) is 0 Å². The van der Waals surface area contributed by atoms with E-state index in [9.17, 15) is 5.11 Å². The van der Waals surface area contributed by atoms with Gasteiger partial charge in [-0.3, -0.25) is 0 Å². The van der Waals surface area contributed by atoms with Gasteiger partial charge >= 0.3 is 0 Å². The van der Waals surface area contributed by atoms with Crippen LogP contribution in [0.15, 0.2) is 11.3 Å². The van der Waals surface area contributed by atoms with Crippen LogP contribution < -0.4 is 0 Å². The fourth-order valence-corrected chi connectivity index (χ4v) is 3.57. The normalized spacial score (nSPS) is 33.8. The van der Waals surface area contributed by atoms with E-state index in [1.54, 1.807) is 5.57 Å². The zero-order valence-electron chi connectivity index (χ0n) is 9.30. The van der Waals surface area contributed by atoms with Crippen LogP contribution in [0.2, 0.25) is 19.6 Å². The van der Waals surface area contributed by atoms with Crippen molar-refractivity contribution in [2.75, 3.05) is 0 Å². The van der Waals surface area contributed by atoms with E-state index in [2.05, 4.69) is 32.3 Å². The van der Waals surface area contributed by atoms with Crippen molar-refractivity contribution in [3.8, 4) is 0 Å². The molecule has 0 aliphatic heterocycles. The number of hydrogen-bond acceptors (Lipinski definition) is 1. The van der Waals surface area contributed by atoms with Gasteiger partial charge in [0, 0.05) is 0 Å². The summed E-state index contributed by atoms with van der Waals surface area (Å²) in [5.74, 6) is 0.607. The fourth-order valence-electron chi connectivity index (χ4n) is 2.03. The van der Waals surface area contributed by atoms with Gasteiger partial charge in [0.05, 0.1) is 14.2 Å². The summed E-state index contributed by atoms with van der Waals surface area (Å²) in [5.41, 5.74) is 4.12. The predicted molar refractivity (Wildman–Crippen MR) is 60.5 cm³/mol. The Labute approximate surface area is 82.9 Å². The third-order valence-electron chi connectivity index (χ3n) is 2.64. The second kappa shape index (κ2) is 3.97. The molecule has 0 aromatic rings. The van der Waals surface area contributed by atoms with Gasteiger partial charge in [0.1, 0.15) is 0 Å². The van der Waals surface area contributed by atoms with Crippen LogP contribution in [-0.2, 0) is 0 Å². The molecule has 0 radical (unpaired) electrons. The minimum Gasteiger partial charge on any atom is -0.393 e. The molecular formula is C11H22OSi. The van der Waals surface area contributed by atoms with Gasteiger partial charge in [0.2, 0.25) is 0 Å². The maximum absolute atomic E-state index is 9.48.